The van der Waals surface area contributed by atoms with Gasteiger partial charge in [-0.05, 0) is 69.8 Å². The molecule has 0 unspecified atom stereocenters. The molecule has 1 heteroatoms. The molecular formula is C16H17I. The minimum Gasteiger partial charge on any atom is -0.0616 e. The topological polar surface area (TPSA) is 0 Å². The van der Waals surface area contributed by atoms with Crippen molar-refractivity contribution in [1.82, 2.24) is 0 Å². The molecule has 3 rings (SSSR count). The quantitative estimate of drug-likeness (QED) is 0.604. The minimum absolute atomic E-state index is 0.795. The molecule has 0 spiro atoms. The van der Waals surface area contributed by atoms with Crippen LogP contribution in [0.2, 0.25) is 0 Å². The summed E-state index contributed by atoms with van der Waals surface area (Å²) >= 11 is 2.45. The molecule has 0 bridgehead atoms. The van der Waals surface area contributed by atoms with Crippen LogP contribution in [0.3, 0.4) is 0 Å². The van der Waals surface area contributed by atoms with E-state index < -0.39 is 0 Å². The minimum atomic E-state index is 0.795. The monoisotopic (exact) mass is 336 g/mol. The second-order valence-electron chi connectivity index (χ2n) is 5.05. The van der Waals surface area contributed by atoms with Gasteiger partial charge in [-0.25, -0.2) is 0 Å². The van der Waals surface area contributed by atoms with E-state index in [1.54, 1.807) is 5.56 Å². The molecule has 1 aliphatic carbocycles. The maximum Gasteiger partial charge on any atom is 0.0139 e. The van der Waals surface area contributed by atoms with E-state index in [-0.39, 0.29) is 0 Å². The van der Waals surface area contributed by atoms with Crippen molar-refractivity contribution in [3.05, 3.63) is 45.5 Å². The maximum absolute atomic E-state index is 2.45. The molecule has 1 aliphatic rings. The van der Waals surface area contributed by atoms with E-state index in [4.69, 9.17) is 0 Å². The molecule has 0 amide bonds. The van der Waals surface area contributed by atoms with Gasteiger partial charge in [0.15, 0.2) is 0 Å². The first-order chi connectivity index (χ1) is 8.34. The predicted octanol–water partition coefficient (Wildman–Crippen LogP) is 5.49. The van der Waals surface area contributed by atoms with Gasteiger partial charge in [-0.3, -0.25) is 0 Å². The Labute approximate surface area is 117 Å². The number of fused-ring (bicyclic) bond motifs is 1. The van der Waals surface area contributed by atoms with Gasteiger partial charge < -0.3 is 0 Å². The van der Waals surface area contributed by atoms with Crippen molar-refractivity contribution in [3.8, 4) is 0 Å². The van der Waals surface area contributed by atoms with Crippen LogP contribution in [-0.2, 0) is 0 Å². The summed E-state index contributed by atoms with van der Waals surface area (Å²) in [6, 6.07) is 13.5. The fourth-order valence-electron chi connectivity index (χ4n) is 3.05. The second kappa shape index (κ2) is 4.97. The Morgan fingerprint density at radius 3 is 2.53 bits per heavy atom. The molecule has 0 aliphatic heterocycles. The number of benzene rings is 2. The van der Waals surface area contributed by atoms with Crippen molar-refractivity contribution in [2.24, 2.45) is 0 Å². The highest BCUT2D eigenvalue weighted by Crippen LogP contribution is 2.37. The molecule has 1 fully saturated rings. The summed E-state index contributed by atoms with van der Waals surface area (Å²) in [4.78, 5) is 0. The summed E-state index contributed by atoms with van der Waals surface area (Å²) in [5.41, 5.74) is 1.59. The van der Waals surface area contributed by atoms with Crippen LogP contribution in [0.5, 0.6) is 0 Å². The third-order valence-corrected chi connectivity index (χ3v) is 4.53. The van der Waals surface area contributed by atoms with E-state index >= 15 is 0 Å². The molecular weight excluding hydrogens is 319 g/mol. The van der Waals surface area contributed by atoms with Crippen LogP contribution in [0.15, 0.2) is 36.4 Å². The number of hydrogen-bond acceptors (Lipinski definition) is 0. The molecule has 0 heterocycles. The SMILES string of the molecule is Ic1cc(C2CCCCC2)c2ccccc2c1. The fourth-order valence-corrected chi connectivity index (χ4v) is 3.72. The Morgan fingerprint density at radius 2 is 1.71 bits per heavy atom. The number of halogens is 1. The Morgan fingerprint density at radius 1 is 0.941 bits per heavy atom. The van der Waals surface area contributed by atoms with Gasteiger partial charge in [0, 0.05) is 3.57 Å². The molecule has 17 heavy (non-hydrogen) atoms. The number of rotatable bonds is 1. The lowest BCUT2D eigenvalue weighted by Crippen LogP contribution is -2.05. The first-order valence-corrected chi connectivity index (χ1v) is 7.60. The van der Waals surface area contributed by atoms with Gasteiger partial charge in [-0.1, -0.05) is 43.5 Å². The highest BCUT2D eigenvalue weighted by molar-refractivity contribution is 14.1. The highest BCUT2D eigenvalue weighted by atomic mass is 127. The Kier molecular flexibility index (Phi) is 3.37. The van der Waals surface area contributed by atoms with Crippen LogP contribution < -0.4 is 0 Å². The average Bonchev–Trinajstić information content (AvgIpc) is 2.39. The van der Waals surface area contributed by atoms with Crippen LogP contribution >= 0.6 is 22.6 Å². The molecule has 0 radical (unpaired) electrons. The van der Waals surface area contributed by atoms with Crippen LogP contribution in [-0.4, -0.2) is 0 Å². The molecule has 2 aromatic rings. The first-order valence-electron chi connectivity index (χ1n) is 6.53. The zero-order chi connectivity index (χ0) is 11.7. The molecule has 0 saturated heterocycles. The molecule has 0 aromatic heterocycles. The Hall–Kier alpha value is -0.570. The van der Waals surface area contributed by atoms with Crippen LogP contribution in [0, 0.1) is 3.57 Å². The maximum atomic E-state index is 2.45. The van der Waals surface area contributed by atoms with Crippen molar-refractivity contribution in [2.75, 3.05) is 0 Å². The molecule has 2 aromatic carbocycles. The average molecular weight is 336 g/mol. The lowest BCUT2D eigenvalue weighted by molar-refractivity contribution is 0.445. The van der Waals surface area contributed by atoms with Crippen LogP contribution in [0.1, 0.15) is 43.6 Å². The zero-order valence-electron chi connectivity index (χ0n) is 9.95. The summed E-state index contributed by atoms with van der Waals surface area (Å²) in [6.07, 6.45) is 7.00. The molecule has 0 N–H and O–H groups in total. The van der Waals surface area contributed by atoms with E-state index in [2.05, 4.69) is 59.0 Å². The Balaban J connectivity index is 2.13. The lowest BCUT2D eigenvalue weighted by Gasteiger charge is -2.23. The van der Waals surface area contributed by atoms with Crippen molar-refractivity contribution in [1.29, 1.82) is 0 Å². The van der Waals surface area contributed by atoms with Crippen LogP contribution in [0.25, 0.3) is 10.8 Å². The zero-order valence-corrected chi connectivity index (χ0v) is 12.1. The van der Waals surface area contributed by atoms with Gasteiger partial charge in [0.25, 0.3) is 0 Å². The van der Waals surface area contributed by atoms with E-state index in [0.717, 1.165) is 5.92 Å². The van der Waals surface area contributed by atoms with Crippen molar-refractivity contribution in [2.45, 2.75) is 38.0 Å². The first kappa shape index (κ1) is 11.5. The standard InChI is InChI=1S/C16H17I/c17-14-10-13-8-4-5-9-15(13)16(11-14)12-6-2-1-3-7-12/h4-5,8-12H,1-3,6-7H2. The van der Waals surface area contributed by atoms with E-state index in [1.807, 2.05) is 0 Å². The van der Waals surface area contributed by atoms with Crippen molar-refractivity contribution < 1.29 is 0 Å². The van der Waals surface area contributed by atoms with Crippen LogP contribution in [0.4, 0.5) is 0 Å². The van der Waals surface area contributed by atoms with E-state index in [0.29, 0.717) is 0 Å². The summed E-state index contributed by atoms with van der Waals surface area (Å²) in [5, 5.41) is 2.87. The second-order valence-corrected chi connectivity index (χ2v) is 6.30. The molecule has 1 saturated carbocycles. The van der Waals surface area contributed by atoms with Gasteiger partial charge in [0.05, 0.1) is 0 Å². The van der Waals surface area contributed by atoms with Crippen molar-refractivity contribution >= 4 is 33.4 Å². The smallest absolute Gasteiger partial charge is 0.0139 e. The summed E-state index contributed by atoms with van der Waals surface area (Å²) < 4.78 is 1.38. The van der Waals surface area contributed by atoms with Crippen molar-refractivity contribution in [3.63, 3.8) is 0 Å². The Bertz CT molecular complexity index is 524. The van der Waals surface area contributed by atoms with Gasteiger partial charge in [-0.2, -0.15) is 0 Å². The summed E-state index contributed by atoms with van der Waals surface area (Å²) in [6.45, 7) is 0. The third kappa shape index (κ3) is 2.35. The third-order valence-electron chi connectivity index (χ3n) is 3.90. The van der Waals surface area contributed by atoms with Gasteiger partial charge in [0.1, 0.15) is 0 Å². The van der Waals surface area contributed by atoms with E-state index in [9.17, 15) is 0 Å². The highest BCUT2D eigenvalue weighted by Gasteiger charge is 2.17. The predicted molar refractivity (Wildman–Crippen MR) is 82.5 cm³/mol. The fraction of sp³-hybridized carbons (Fsp3) is 0.375. The number of hydrogen-bond donors (Lipinski definition) is 0. The summed E-state index contributed by atoms with van der Waals surface area (Å²) in [5.74, 6) is 0.795. The lowest BCUT2D eigenvalue weighted by atomic mass is 9.82. The van der Waals surface area contributed by atoms with Gasteiger partial charge in [-0.15, -0.1) is 0 Å². The van der Waals surface area contributed by atoms with Gasteiger partial charge >= 0.3 is 0 Å². The summed E-state index contributed by atoms with van der Waals surface area (Å²) in [7, 11) is 0. The largest absolute Gasteiger partial charge is 0.0616 e. The molecule has 88 valence electrons. The normalized spacial score (nSPS) is 17.5. The van der Waals surface area contributed by atoms with Gasteiger partial charge in [0.2, 0.25) is 0 Å². The van der Waals surface area contributed by atoms with E-state index in [1.165, 1.54) is 46.4 Å². The molecule has 0 nitrogen and oxygen atoms in total. The molecule has 0 atom stereocenters.